The number of carboxylic acids is 1. The van der Waals surface area contributed by atoms with Crippen LogP contribution in [-0.2, 0) is 4.79 Å². The summed E-state index contributed by atoms with van der Waals surface area (Å²) in [4.78, 5) is 11.1. The van der Waals surface area contributed by atoms with Gasteiger partial charge in [0, 0.05) is 0 Å². The number of aromatic nitrogens is 2. The van der Waals surface area contributed by atoms with Gasteiger partial charge in [0.2, 0.25) is 0 Å². The zero-order valence-electron chi connectivity index (χ0n) is 8.47. The lowest BCUT2D eigenvalue weighted by molar-refractivity contribution is -0.144. The van der Waals surface area contributed by atoms with Gasteiger partial charge >= 0.3 is 5.97 Å². The summed E-state index contributed by atoms with van der Waals surface area (Å²) in [7, 11) is 0. The first-order valence-corrected chi connectivity index (χ1v) is 5.22. The number of nitrogens with zero attached hydrogens (tertiary/aromatic N) is 2. The standard InChI is InChI=1S/C10H15N3O2/c11-9-5-6-12-13(9)8-4-2-1-3-7(8)10(14)15/h5-8H,1-4,11H2,(H,14,15). The van der Waals surface area contributed by atoms with Crippen LogP contribution in [-0.4, -0.2) is 20.9 Å². The fourth-order valence-electron chi connectivity index (χ4n) is 2.29. The number of carboxylic acid groups (broad SMARTS) is 1. The quantitative estimate of drug-likeness (QED) is 0.768. The van der Waals surface area contributed by atoms with E-state index in [-0.39, 0.29) is 12.0 Å². The van der Waals surface area contributed by atoms with Crippen molar-refractivity contribution in [2.24, 2.45) is 5.92 Å². The Hall–Kier alpha value is -1.52. The predicted molar refractivity (Wildman–Crippen MR) is 55.3 cm³/mol. The summed E-state index contributed by atoms with van der Waals surface area (Å²) < 4.78 is 1.65. The number of rotatable bonds is 2. The van der Waals surface area contributed by atoms with Crippen LogP contribution in [0.1, 0.15) is 31.7 Å². The molecule has 0 amide bonds. The molecule has 1 aromatic rings. The molecule has 1 saturated carbocycles. The first kappa shape index (κ1) is 10.0. The SMILES string of the molecule is Nc1ccnn1C1CCCCC1C(=O)O. The van der Waals surface area contributed by atoms with Gasteiger partial charge in [-0.15, -0.1) is 0 Å². The van der Waals surface area contributed by atoms with Crippen molar-refractivity contribution in [2.45, 2.75) is 31.7 Å². The average molecular weight is 209 g/mol. The number of hydrogen-bond acceptors (Lipinski definition) is 3. The van der Waals surface area contributed by atoms with Crippen molar-refractivity contribution >= 4 is 11.8 Å². The number of aliphatic carboxylic acids is 1. The van der Waals surface area contributed by atoms with Gasteiger partial charge in [0.15, 0.2) is 0 Å². The molecule has 5 heteroatoms. The fourth-order valence-corrected chi connectivity index (χ4v) is 2.29. The Labute approximate surface area is 87.9 Å². The molecule has 0 radical (unpaired) electrons. The summed E-state index contributed by atoms with van der Waals surface area (Å²) >= 11 is 0. The summed E-state index contributed by atoms with van der Waals surface area (Å²) in [5, 5.41) is 13.2. The van der Waals surface area contributed by atoms with Crippen LogP contribution in [0.4, 0.5) is 5.82 Å². The van der Waals surface area contributed by atoms with Gasteiger partial charge in [0.25, 0.3) is 0 Å². The Morgan fingerprint density at radius 3 is 2.87 bits per heavy atom. The normalized spacial score (nSPS) is 26.4. The van der Waals surface area contributed by atoms with Gasteiger partial charge in [0.1, 0.15) is 5.82 Å². The molecule has 15 heavy (non-hydrogen) atoms. The molecular weight excluding hydrogens is 194 g/mol. The van der Waals surface area contributed by atoms with E-state index < -0.39 is 5.97 Å². The molecule has 0 aromatic carbocycles. The third-order valence-electron chi connectivity index (χ3n) is 3.06. The summed E-state index contributed by atoms with van der Waals surface area (Å²) in [6, 6.07) is 1.62. The van der Waals surface area contributed by atoms with E-state index in [0.717, 1.165) is 25.7 Å². The maximum Gasteiger partial charge on any atom is 0.308 e. The van der Waals surface area contributed by atoms with Gasteiger partial charge in [-0.1, -0.05) is 12.8 Å². The number of nitrogen functional groups attached to an aromatic ring is 1. The van der Waals surface area contributed by atoms with Crippen molar-refractivity contribution in [3.8, 4) is 0 Å². The number of hydrogen-bond donors (Lipinski definition) is 2. The highest BCUT2D eigenvalue weighted by Crippen LogP contribution is 2.34. The Bertz CT molecular complexity index is 361. The highest BCUT2D eigenvalue weighted by atomic mass is 16.4. The van der Waals surface area contributed by atoms with Crippen LogP contribution >= 0.6 is 0 Å². The summed E-state index contributed by atoms with van der Waals surface area (Å²) in [6.45, 7) is 0. The molecule has 1 fully saturated rings. The highest BCUT2D eigenvalue weighted by Gasteiger charge is 2.33. The van der Waals surface area contributed by atoms with Gasteiger partial charge in [-0.3, -0.25) is 4.79 Å². The Kier molecular flexibility index (Phi) is 2.62. The third-order valence-corrected chi connectivity index (χ3v) is 3.06. The van der Waals surface area contributed by atoms with E-state index >= 15 is 0 Å². The Morgan fingerprint density at radius 1 is 1.53 bits per heavy atom. The van der Waals surface area contributed by atoms with Crippen LogP contribution in [0.3, 0.4) is 0 Å². The van der Waals surface area contributed by atoms with E-state index in [1.165, 1.54) is 0 Å². The largest absolute Gasteiger partial charge is 0.481 e. The predicted octanol–water partition coefficient (Wildman–Crippen LogP) is 1.28. The first-order valence-electron chi connectivity index (χ1n) is 5.22. The lowest BCUT2D eigenvalue weighted by atomic mass is 9.84. The van der Waals surface area contributed by atoms with Gasteiger partial charge < -0.3 is 10.8 Å². The molecule has 0 spiro atoms. The van der Waals surface area contributed by atoms with E-state index in [4.69, 9.17) is 10.8 Å². The Morgan fingerprint density at radius 2 is 2.27 bits per heavy atom. The van der Waals surface area contributed by atoms with Crippen LogP contribution in [0.2, 0.25) is 0 Å². The molecule has 1 aliphatic carbocycles. The molecule has 5 nitrogen and oxygen atoms in total. The molecule has 2 rings (SSSR count). The molecule has 82 valence electrons. The smallest absolute Gasteiger partial charge is 0.308 e. The van der Waals surface area contributed by atoms with E-state index in [0.29, 0.717) is 5.82 Å². The number of anilines is 1. The lowest BCUT2D eigenvalue weighted by Crippen LogP contribution is -2.30. The topological polar surface area (TPSA) is 81.1 Å². The third kappa shape index (κ3) is 1.82. The second-order valence-corrected chi connectivity index (χ2v) is 4.00. The van der Waals surface area contributed by atoms with Gasteiger partial charge in [-0.25, -0.2) is 4.68 Å². The highest BCUT2D eigenvalue weighted by molar-refractivity contribution is 5.70. The van der Waals surface area contributed by atoms with E-state index in [2.05, 4.69) is 5.10 Å². The first-order chi connectivity index (χ1) is 7.20. The minimum absolute atomic E-state index is 0.0775. The number of carbonyl (C=O) groups is 1. The van der Waals surface area contributed by atoms with E-state index in [1.54, 1.807) is 16.9 Å². The summed E-state index contributed by atoms with van der Waals surface area (Å²) in [5.41, 5.74) is 5.74. The van der Waals surface area contributed by atoms with Crippen molar-refractivity contribution in [2.75, 3.05) is 5.73 Å². The minimum Gasteiger partial charge on any atom is -0.481 e. The molecule has 3 N–H and O–H groups in total. The average Bonchev–Trinajstić information content (AvgIpc) is 2.64. The van der Waals surface area contributed by atoms with Crippen molar-refractivity contribution in [3.63, 3.8) is 0 Å². The molecule has 0 saturated heterocycles. The second kappa shape index (κ2) is 3.92. The maximum atomic E-state index is 11.1. The van der Waals surface area contributed by atoms with Gasteiger partial charge in [-0.2, -0.15) is 5.10 Å². The molecule has 0 bridgehead atoms. The zero-order valence-corrected chi connectivity index (χ0v) is 8.47. The van der Waals surface area contributed by atoms with Crippen molar-refractivity contribution in [1.29, 1.82) is 0 Å². The monoisotopic (exact) mass is 209 g/mol. The lowest BCUT2D eigenvalue weighted by Gasteiger charge is -2.29. The molecule has 1 heterocycles. The van der Waals surface area contributed by atoms with E-state index in [9.17, 15) is 4.79 Å². The molecule has 0 aliphatic heterocycles. The molecule has 1 aromatic heterocycles. The second-order valence-electron chi connectivity index (χ2n) is 4.00. The van der Waals surface area contributed by atoms with Crippen LogP contribution in [0.25, 0.3) is 0 Å². The number of nitrogens with two attached hydrogens (primary N) is 1. The minimum atomic E-state index is -0.741. The van der Waals surface area contributed by atoms with Gasteiger partial charge in [-0.05, 0) is 18.9 Å². The van der Waals surface area contributed by atoms with Crippen LogP contribution < -0.4 is 5.73 Å². The molecule has 1 aliphatic rings. The van der Waals surface area contributed by atoms with E-state index in [1.807, 2.05) is 0 Å². The summed E-state index contributed by atoms with van der Waals surface area (Å²) in [5.74, 6) is -0.538. The molecule has 2 atom stereocenters. The van der Waals surface area contributed by atoms with Crippen molar-refractivity contribution in [3.05, 3.63) is 12.3 Å². The Balaban J connectivity index is 2.25. The van der Waals surface area contributed by atoms with Crippen LogP contribution in [0, 0.1) is 5.92 Å². The zero-order chi connectivity index (χ0) is 10.8. The molecular formula is C10H15N3O2. The summed E-state index contributed by atoms with van der Waals surface area (Å²) in [6.07, 6.45) is 5.22. The van der Waals surface area contributed by atoms with Gasteiger partial charge in [0.05, 0.1) is 18.2 Å². The molecule has 2 unspecified atom stereocenters. The van der Waals surface area contributed by atoms with Crippen LogP contribution in [0.5, 0.6) is 0 Å². The maximum absolute atomic E-state index is 11.1. The van der Waals surface area contributed by atoms with Crippen molar-refractivity contribution < 1.29 is 9.90 Å². The van der Waals surface area contributed by atoms with Crippen molar-refractivity contribution in [1.82, 2.24) is 9.78 Å². The van der Waals surface area contributed by atoms with Crippen LogP contribution in [0.15, 0.2) is 12.3 Å². The fraction of sp³-hybridized carbons (Fsp3) is 0.600.